The van der Waals surface area contributed by atoms with Crippen molar-refractivity contribution >= 4 is 42.1 Å². The Kier molecular flexibility index (Phi) is 8.11. The number of benzene rings is 1. The fourth-order valence-corrected chi connectivity index (χ4v) is 2.79. The van der Waals surface area contributed by atoms with E-state index in [9.17, 15) is 4.79 Å². The van der Waals surface area contributed by atoms with Gasteiger partial charge in [-0.2, -0.15) is 0 Å². The molecule has 1 aliphatic carbocycles. The van der Waals surface area contributed by atoms with Crippen LogP contribution >= 0.6 is 24.8 Å². The molecule has 6 nitrogen and oxygen atoms in total. The number of aromatic nitrogens is 2. The van der Waals surface area contributed by atoms with E-state index in [4.69, 9.17) is 4.74 Å². The summed E-state index contributed by atoms with van der Waals surface area (Å²) >= 11 is 0. The Hall–Kier alpha value is -2.28. The van der Waals surface area contributed by atoms with Gasteiger partial charge in [-0.25, -0.2) is 4.98 Å². The molecule has 2 N–H and O–H groups in total. The number of carbonyl (C=O) groups is 1. The molecule has 0 radical (unpaired) electrons. The zero-order valence-corrected chi connectivity index (χ0v) is 17.0. The number of nitrogens with zero attached hydrogens (tertiary/aromatic N) is 2. The minimum atomic E-state index is -0.0387. The van der Waals surface area contributed by atoms with Crippen LogP contribution in [0.1, 0.15) is 18.5 Å². The van der Waals surface area contributed by atoms with E-state index >= 15 is 0 Å². The maximum absolute atomic E-state index is 12.0. The Morgan fingerprint density at radius 3 is 2.82 bits per heavy atom. The maximum Gasteiger partial charge on any atom is 0.238 e. The second-order valence-electron chi connectivity index (χ2n) is 6.64. The van der Waals surface area contributed by atoms with Crippen molar-refractivity contribution in [1.82, 2.24) is 14.7 Å². The second kappa shape index (κ2) is 10.3. The molecule has 1 aliphatic rings. The monoisotopic (exact) mass is 422 g/mol. The molecule has 1 amide bonds. The van der Waals surface area contributed by atoms with Crippen LogP contribution in [0.3, 0.4) is 0 Å². The van der Waals surface area contributed by atoms with E-state index in [0.717, 1.165) is 29.5 Å². The lowest BCUT2D eigenvalue weighted by molar-refractivity contribution is -0.115. The van der Waals surface area contributed by atoms with Gasteiger partial charge in [0.2, 0.25) is 5.91 Å². The van der Waals surface area contributed by atoms with E-state index in [0.29, 0.717) is 18.9 Å². The summed E-state index contributed by atoms with van der Waals surface area (Å²) in [6.07, 6.45) is 6.46. The molecule has 0 aliphatic heterocycles. The summed E-state index contributed by atoms with van der Waals surface area (Å²) in [4.78, 5) is 16.5. The predicted octanol–water partition coefficient (Wildman–Crippen LogP) is 3.70. The summed E-state index contributed by atoms with van der Waals surface area (Å²) in [6, 6.07) is 13.3. The van der Waals surface area contributed by atoms with Crippen LogP contribution in [-0.4, -0.2) is 28.4 Å². The minimum Gasteiger partial charge on any atom is -0.487 e. The number of hydrogen-bond donors (Lipinski definition) is 2. The van der Waals surface area contributed by atoms with Gasteiger partial charge in [-0.15, -0.1) is 24.8 Å². The van der Waals surface area contributed by atoms with Crippen LogP contribution in [-0.2, 0) is 11.4 Å². The summed E-state index contributed by atoms with van der Waals surface area (Å²) < 4.78 is 7.78. The SMILES string of the molecule is Cl.Cl.O=C(CNCC1CC1)Nc1cccc(OCc2cn3ccccc3n2)c1. The van der Waals surface area contributed by atoms with E-state index in [1.165, 1.54) is 12.8 Å². The number of imidazole rings is 1. The fourth-order valence-electron chi connectivity index (χ4n) is 2.79. The van der Waals surface area contributed by atoms with Crippen molar-refractivity contribution in [1.29, 1.82) is 0 Å². The molecule has 1 fully saturated rings. The Morgan fingerprint density at radius 1 is 1.18 bits per heavy atom. The van der Waals surface area contributed by atoms with Gasteiger partial charge >= 0.3 is 0 Å². The van der Waals surface area contributed by atoms with Gasteiger partial charge in [0.25, 0.3) is 0 Å². The largest absolute Gasteiger partial charge is 0.487 e. The zero-order chi connectivity index (χ0) is 17.8. The lowest BCUT2D eigenvalue weighted by atomic mass is 10.3. The van der Waals surface area contributed by atoms with Crippen molar-refractivity contribution in [3.8, 4) is 5.75 Å². The number of pyridine rings is 1. The maximum atomic E-state index is 12.0. The molecule has 8 heteroatoms. The third-order valence-corrected chi connectivity index (χ3v) is 4.33. The molecule has 150 valence electrons. The third kappa shape index (κ3) is 6.12. The van der Waals surface area contributed by atoms with Crippen LogP contribution in [0.5, 0.6) is 5.75 Å². The summed E-state index contributed by atoms with van der Waals surface area (Å²) in [5, 5.41) is 6.08. The van der Waals surface area contributed by atoms with Gasteiger partial charge in [0.15, 0.2) is 0 Å². The average Bonchev–Trinajstić information content (AvgIpc) is 3.37. The molecule has 0 atom stereocenters. The van der Waals surface area contributed by atoms with Crippen LogP contribution in [0.25, 0.3) is 5.65 Å². The number of carbonyl (C=O) groups excluding carboxylic acids is 1. The first-order valence-electron chi connectivity index (χ1n) is 8.92. The molecular weight excluding hydrogens is 399 g/mol. The van der Waals surface area contributed by atoms with Crippen molar-refractivity contribution in [2.24, 2.45) is 5.92 Å². The van der Waals surface area contributed by atoms with Crippen molar-refractivity contribution in [3.05, 3.63) is 60.6 Å². The van der Waals surface area contributed by atoms with Crippen LogP contribution in [0, 0.1) is 5.92 Å². The smallest absolute Gasteiger partial charge is 0.238 e. The lowest BCUT2D eigenvalue weighted by Gasteiger charge is -2.09. The van der Waals surface area contributed by atoms with Gasteiger partial charge in [-0.1, -0.05) is 12.1 Å². The molecule has 0 unspecified atom stereocenters. The Bertz CT molecular complexity index is 879. The average molecular weight is 423 g/mol. The van der Waals surface area contributed by atoms with E-state index in [-0.39, 0.29) is 30.7 Å². The molecule has 1 aromatic carbocycles. The minimum absolute atomic E-state index is 0. The zero-order valence-electron chi connectivity index (χ0n) is 15.3. The third-order valence-electron chi connectivity index (χ3n) is 4.33. The second-order valence-corrected chi connectivity index (χ2v) is 6.64. The van der Waals surface area contributed by atoms with E-state index in [2.05, 4.69) is 15.6 Å². The summed E-state index contributed by atoms with van der Waals surface area (Å²) in [5.74, 6) is 1.42. The van der Waals surface area contributed by atoms with Crippen LogP contribution < -0.4 is 15.4 Å². The molecular formula is C20H24Cl2N4O2. The molecule has 4 rings (SSSR count). The lowest BCUT2D eigenvalue weighted by Crippen LogP contribution is -2.29. The molecule has 0 saturated heterocycles. The van der Waals surface area contributed by atoms with Crippen LogP contribution in [0.4, 0.5) is 5.69 Å². The van der Waals surface area contributed by atoms with Crippen molar-refractivity contribution in [2.45, 2.75) is 19.4 Å². The molecule has 0 bridgehead atoms. The highest BCUT2D eigenvalue weighted by Crippen LogP contribution is 2.27. The van der Waals surface area contributed by atoms with Crippen LogP contribution in [0.15, 0.2) is 54.9 Å². The first kappa shape index (κ1) is 22.0. The van der Waals surface area contributed by atoms with E-state index < -0.39 is 0 Å². The highest BCUT2D eigenvalue weighted by atomic mass is 35.5. The van der Waals surface area contributed by atoms with Crippen molar-refractivity contribution < 1.29 is 9.53 Å². The van der Waals surface area contributed by atoms with Gasteiger partial charge in [-0.05, 0) is 49.6 Å². The number of nitrogens with one attached hydrogen (secondary N) is 2. The Labute approximate surface area is 176 Å². The van der Waals surface area contributed by atoms with Crippen molar-refractivity contribution in [3.63, 3.8) is 0 Å². The number of hydrogen-bond acceptors (Lipinski definition) is 4. The van der Waals surface area contributed by atoms with E-state index in [1.807, 2.05) is 59.3 Å². The number of anilines is 1. The molecule has 0 spiro atoms. The number of ether oxygens (including phenoxy) is 1. The number of amides is 1. The first-order valence-corrected chi connectivity index (χ1v) is 8.92. The number of rotatable bonds is 8. The van der Waals surface area contributed by atoms with Gasteiger partial charge in [0, 0.05) is 24.1 Å². The quantitative estimate of drug-likeness (QED) is 0.580. The first-order chi connectivity index (χ1) is 12.8. The summed E-state index contributed by atoms with van der Waals surface area (Å²) in [7, 11) is 0. The van der Waals surface area contributed by atoms with Gasteiger partial charge < -0.3 is 19.8 Å². The molecule has 28 heavy (non-hydrogen) atoms. The normalized spacial score (nSPS) is 12.7. The highest BCUT2D eigenvalue weighted by Gasteiger charge is 2.20. The highest BCUT2D eigenvalue weighted by molar-refractivity contribution is 5.92. The van der Waals surface area contributed by atoms with Gasteiger partial charge in [0.05, 0.1) is 12.2 Å². The van der Waals surface area contributed by atoms with Crippen molar-refractivity contribution in [2.75, 3.05) is 18.4 Å². The molecule has 2 heterocycles. The van der Waals surface area contributed by atoms with Crippen LogP contribution in [0.2, 0.25) is 0 Å². The fraction of sp³-hybridized carbons (Fsp3) is 0.300. The Morgan fingerprint density at radius 2 is 2.04 bits per heavy atom. The Balaban J connectivity index is 0.00000140. The number of fused-ring (bicyclic) bond motifs is 1. The standard InChI is InChI=1S/C20H22N4O2.2ClH/c25-20(12-21-11-15-7-8-15)23-16-4-3-5-18(10-16)26-14-17-13-24-9-2-1-6-19(24)22-17;;/h1-6,9-10,13,15,21H,7-8,11-12,14H2,(H,23,25);2*1H. The number of halogens is 2. The summed E-state index contributed by atoms with van der Waals surface area (Å²) in [6.45, 7) is 1.64. The van der Waals surface area contributed by atoms with E-state index in [1.54, 1.807) is 0 Å². The molecule has 2 aromatic heterocycles. The topological polar surface area (TPSA) is 67.7 Å². The van der Waals surface area contributed by atoms with Gasteiger partial charge in [-0.3, -0.25) is 4.79 Å². The molecule has 1 saturated carbocycles. The molecule has 3 aromatic rings. The van der Waals surface area contributed by atoms with Gasteiger partial charge in [0.1, 0.15) is 18.0 Å². The predicted molar refractivity (Wildman–Crippen MR) is 115 cm³/mol. The summed E-state index contributed by atoms with van der Waals surface area (Å²) in [5.41, 5.74) is 2.48.